The number of amides is 1. The van der Waals surface area contributed by atoms with E-state index in [9.17, 15) is 9.59 Å². The number of carbonyl (C=O) groups is 2. The van der Waals surface area contributed by atoms with Gasteiger partial charge in [-0.2, -0.15) is 0 Å². The second-order valence-corrected chi connectivity index (χ2v) is 7.54. The van der Waals surface area contributed by atoms with Crippen LogP contribution < -0.4 is 9.64 Å². The van der Waals surface area contributed by atoms with Gasteiger partial charge >= 0.3 is 0 Å². The zero-order valence-electron chi connectivity index (χ0n) is 15.9. The van der Waals surface area contributed by atoms with E-state index in [-0.39, 0.29) is 17.4 Å². The van der Waals surface area contributed by atoms with Crippen molar-refractivity contribution in [3.63, 3.8) is 0 Å². The fraction of sp³-hybridized carbons (Fsp3) is 0.238. The number of anilines is 1. The number of hydrogen-bond donors (Lipinski definition) is 0. The molecule has 0 N–H and O–H groups in total. The topological polar surface area (TPSA) is 77.3 Å². The minimum Gasteiger partial charge on any atom is -0.497 e. The monoisotopic (exact) mass is 408 g/mol. The number of ketones is 1. The van der Waals surface area contributed by atoms with Crippen molar-refractivity contribution in [2.75, 3.05) is 24.3 Å². The fourth-order valence-electron chi connectivity index (χ4n) is 3.24. The summed E-state index contributed by atoms with van der Waals surface area (Å²) in [6, 6.07) is 14.8. The molecule has 8 heteroatoms. The van der Waals surface area contributed by atoms with Crippen molar-refractivity contribution in [1.29, 1.82) is 0 Å². The normalized spacial score (nSPS) is 13.7. The molecule has 148 valence electrons. The summed E-state index contributed by atoms with van der Waals surface area (Å²) >= 11 is 1.32. The number of rotatable bonds is 7. The molecule has 0 unspecified atom stereocenters. The van der Waals surface area contributed by atoms with E-state index in [1.54, 1.807) is 30.5 Å². The summed E-state index contributed by atoms with van der Waals surface area (Å²) in [6.07, 6.45) is 3.03. The highest BCUT2D eigenvalue weighted by atomic mass is 32.2. The summed E-state index contributed by atoms with van der Waals surface area (Å²) in [5.74, 6) is 1.04. The Kier molecular flexibility index (Phi) is 5.62. The number of aromatic nitrogens is 3. The average Bonchev–Trinajstić information content (AvgIpc) is 3.41. The van der Waals surface area contributed by atoms with Crippen LogP contribution in [0.3, 0.4) is 0 Å². The number of ether oxygens (including phenoxy) is 1. The summed E-state index contributed by atoms with van der Waals surface area (Å²) in [5.41, 5.74) is 2.23. The highest BCUT2D eigenvalue weighted by molar-refractivity contribution is 7.99. The first-order valence-corrected chi connectivity index (χ1v) is 10.2. The van der Waals surface area contributed by atoms with Crippen molar-refractivity contribution in [3.05, 3.63) is 60.4 Å². The Labute approximate surface area is 172 Å². The van der Waals surface area contributed by atoms with E-state index >= 15 is 0 Å². The van der Waals surface area contributed by atoms with Gasteiger partial charge in [-0.05, 0) is 30.7 Å². The van der Waals surface area contributed by atoms with Crippen LogP contribution in [0.1, 0.15) is 23.2 Å². The lowest BCUT2D eigenvalue weighted by atomic mass is 10.1. The van der Waals surface area contributed by atoms with Gasteiger partial charge in [0.2, 0.25) is 5.91 Å². The quantitative estimate of drug-likeness (QED) is 0.441. The second kappa shape index (κ2) is 8.48. The van der Waals surface area contributed by atoms with E-state index in [2.05, 4.69) is 10.2 Å². The Hall–Kier alpha value is -3.13. The Bertz CT molecular complexity index is 1050. The van der Waals surface area contributed by atoms with Crippen molar-refractivity contribution in [1.82, 2.24) is 14.8 Å². The Morgan fingerprint density at radius 1 is 1.17 bits per heavy atom. The SMILES string of the molecule is COc1cccc(-n2cnnc2SCC(=O)c2cccc(N3CCCC3=O)c2)c1. The third-order valence-electron chi connectivity index (χ3n) is 4.73. The highest BCUT2D eigenvalue weighted by Crippen LogP contribution is 2.25. The van der Waals surface area contributed by atoms with Gasteiger partial charge in [-0.25, -0.2) is 0 Å². The average molecular weight is 408 g/mol. The molecule has 4 rings (SSSR count). The van der Waals surface area contributed by atoms with Gasteiger partial charge < -0.3 is 9.64 Å². The molecule has 1 amide bonds. The van der Waals surface area contributed by atoms with Crippen LogP contribution in [-0.2, 0) is 4.79 Å². The second-order valence-electron chi connectivity index (χ2n) is 6.60. The molecular weight excluding hydrogens is 388 g/mol. The Morgan fingerprint density at radius 3 is 2.79 bits per heavy atom. The zero-order valence-corrected chi connectivity index (χ0v) is 16.8. The number of carbonyl (C=O) groups excluding carboxylic acids is 2. The van der Waals surface area contributed by atoms with Gasteiger partial charge in [0.05, 0.1) is 18.6 Å². The van der Waals surface area contributed by atoms with Crippen molar-refractivity contribution in [3.8, 4) is 11.4 Å². The number of benzene rings is 2. The molecule has 0 radical (unpaired) electrons. The molecule has 0 bridgehead atoms. The minimum atomic E-state index is -0.0244. The maximum atomic E-state index is 12.7. The van der Waals surface area contributed by atoms with Crippen LogP contribution in [0.5, 0.6) is 5.75 Å². The lowest BCUT2D eigenvalue weighted by Gasteiger charge is -2.16. The van der Waals surface area contributed by atoms with Crippen LogP contribution in [0.15, 0.2) is 60.0 Å². The van der Waals surface area contributed by atoms with E-state index in [0.717, 1.165) is 23.5 Å². The van der Waals surface area contributed by atoms with Crippen molar-refractivity contribution < 1.29 is 14.3 Å². The summed E-state index contributed by atoms with van der Waals surface area (Å²) in [7, 11) is 1.61. The predicted molar refractivity (Wildman–Crippen MR) is 111 cm³/mol. The number of hydrogen-bond acceptors (Lipinski definition) is 6. The van der Waals surface area contributed by atoms with Crippen LogP contribution in [0.4, 0.5) is 5.69 Å². The van der Waals surface area contributed by atoms with Crippen molar-refractivity contribution >= 4 is 29.1 Å². The van der Waals surface area contributed by atoms with Gasteiger partial charge in [-0.3, -0.25) is 14.2 Å². The van der Waals surface area contributed by atoms with E-state index in [4.69, 9.17) is 4.74 Å². The van der Waals surface area contributed by atoms with Gasteiger partial charge in [0, 0.05) is 30.3 Å². The smallest absolute Gasteiger partial charge is 0.227 e. The van der Waals surface area contributed by atoms with Crippen LogP contribution in [-0.4, -0.2) is 45.9 Å². The summed E-state index contributed by atoms with van der Waals surface area (Å²) in [4.78, 5) is 26.4. The van der Waals surface area contributed by atoms with Gasteiger partial charge in [-0.1, -0.05) is 30.0 Å². The lowest BCUT2D eigenvalue weighted by molar-refractivity contribution is -0.117. The molecule has 1 saturated heterocycles. The molecule has 1 fully saturated rings. The van der Waals surface area contributed by atoms with E-state index < -0.39 is 0 Å². The molecule has 2 heterocycles. The maximum Gasteiger partial charge on any atom is 0.227 e. The number of nitrogens with zero attached hydrogens (tertiary/aromatic N) is 4. The summed E-state index contributed by atoms with van der Waals surface area (Å²) < 4.78 is 7.09. The molecule has 1 aliphatic rings. The first-order chi connectivity index (χ1) is 14.2. The molecule has 0 aliphatic carbocycles. The molecule has 29 heavy (non-hydrogen) atoms. The van der Waals surface area contributed by atoms with E-state index in [1.165, 1.54) is 11.8 Å². The Morgan fingerprint density at radius 2 is 2.00 bits per heavy atom. The van der Waals surface area contributed by atoms with E-state index in [1.807, 2.05) is 41.0 Å². The van der Waals surface area contributed by atoms with Gasteiger partial charge in [0.1, 0.15) is 12.1 Å². The predicted octanol–water partition coefficient (Wildman–Crippen LogP) is 3.38. The lowest BCUT2D eigenvalue weighted by Crippen LogP contribution is -2.23. The third kappa shape index (κ3) is 4.17. The maximum absolute atomic E-state index is 12.7. The fourth-order valence-corrected chi connectivity index (χ4v) is 4.07. The minimum absolute atomic E-state index is 0.0244. The van der Waals surface area contributed by atoms with E-state index in [0.29, 0.717) is 23.7 Å². The summed E-state index contributed by atoms with van der Waals surface area (Å²) in [5, 5.41) is 8.73. The number of Topliss-reactive ketones (excluding diaryl/α,β-unsaturated/α-hetero) is 1. The number of methoxy groups -OCH3 is 1. The zero-order chi connectivity index (χ0) is 20.2. The molecular formula is C21H20N4O3S. The summed E-state index contributed by atoms with van der Waals surface area (Å²) in [6.45, 7) is 0.703. The molecule has 1 aromatic heterocycles. The molecule has 0 saturated carbocycles. The van der Waals surface area contributed by atoms with Gasteiger partial charge in [-0.15, -0.1) is 10.2 Å². The number of thioether (sulfide) groups is 1. The Balaban J connectivity index is 1.47. The van der Waals surface area contributed by atoms with Crippen molar-refractivity contribution in [2.24, 2.45) is 0 Å². The van der Waals surface area contributed by atoms with Crippen LogP contribution in [0.25, 0.3) is 5.69 Å². The standard InChI is InChI=1S/C21H20N4O3S/c1-28-18-8-3-7-17(12-18)25-14-22-23-21(25)29-13-19(26)15-5-2-6-16(11-15)24-10-4-9-20(24)27/h2-3,5-8,11-12,14H,4,9-10,13H2,1H3. The molecule has 7 nitrogen and oxygen atoms in total. The molecule has 1 aliphatic heterocycles. The molecule has 0 atom stereocenters. The third-order valence-corrected chi connectivity index (χ3v) is 5.68. The van der Waals surface area contributed by atoms with Crippen LogP contribution in [0.2, 0.25) is 0 Å². The first kappa shape index (κ1) is 19.2. The van der Waals surface area contributed by atoms with Crippen LogP contribution >= 0.6 is 11.8 Å². The van der Waals surface area contributed by atoms with Gasteiger partial charge in [0.25, 0.3) is 0 Å². The molecule has 2 aromatic carbocycles. The molecule has 3 aromatic rings. The molecule has 0 spiro atoms. The van der Waals surface area contributed by atoms with Crippen molar-refractivity contribution in [2.45, 2.75) is 18.0 Å². The first-order valence-electron chi connectivity index (χ1n) is 9.26. The highest BCUT2D eigenvalue weighted by Gasteiger charge is 2.22. The largest absolute Gasteiger partial charge is 0.497 e. The van der Waals surface area contributed by atoms with Crippen LogP contribution in [0, 0.1) is 0 Å². The van der Waals surface area contributed by atoms with Gasteiger partial charge in [0.15, 0.2) is 10.9 Å².